The maximum Gasteiger partial charge on any atom is 0.307 e. The maximum absolute atomic E-state index is 11.8. The third-order valence-electron chi connectivity index (χ3n) is 3.78. The first-order valence-corrected chi connectivity index (χ1v) is 8.88. The zero-order valence-corrected chi connectivity index (χ0v) is 14.6. The number of carboxylic acid groups (broad SMARTS) is 1. The molecule has 0 saturated heterocycles. The fourth-order valence-electron chi connectivity index (χ4n) is 2.45. The van der Waals surface area contributed by atoms with Crippen LogP contribution in [0.5, 0.6) is 5.75 Å². The predicted octanol–water partition coefficient (Wildman–Crippen LogP) is 4.33. The highest BCUT2D eigenvalue weighted by Crippen LogP contribution is 2.17. The highest BCUT2D eigenvalue weighted by molar-refractivity contribution is 5.70. The molecule has 0 saturated carbocycles. The molecule has 0 atom stereocenters. The summed E-state index contributed by atoms with van der Waals surface area (Å²) in [5, 5.41) is 20.5. The first kappa shape index (κ1) is 20.0. The van der Waals surface area contributed by atoms with Gasteiger partial charge < -0.3 is 15.1 Å². The smallest absolute Gasteiger partial charge is 0.307 e. The molecule has 24 heavy (non-hydrogen) atoms. The van der Waals surface area contributed by atoms with Crippen LogP contribution in [-0.4, -0.2) is 17.7 Å². The van der Waals surface area contributed by atoms with Crippen molar-refractivity contribution in [1.29, 1.82) is 0 Å². The Morgan fingerprint density at radius 1 is 1.21 bits per heavy atom. The van der Waals surface area contributed by atoms with E-state index < -0.39 is 5.97 Å². The zero-order chi connectivity index (χ0) is 17.6. The van der Waals surface area contributed by atoms with Crippen molar-refractivity contribution in [2.75, 3.05) is 6.61 Å². The second kappa shape index (κ2) is 12.4. The van der Waals surface area contributed by atoms with Crippen molar-refractivity contribution in [3.8, 4) is 5.75 Å². The van der Waals surface area contributed by atoms with Crippen molar-refractivity contribution >= 4 is 12.0 Å². The monoisotopic (exact) mass is 335 g/mol. The van der Waals surface area contributed by atoms with E-state index in [9.17, 15) is 10.0 Å². The highest BCUT2D eigenvalue weighted by Gasteiger charge is 2.10. The molecular formula is C19H29NO4. The molecule has 0 fully saturated rings. The summed E-state index contributed by atoms with van der Waals surface area (Å²) in [7, 11) is 0. The minimum atomic E-state index is -0.930. The van der Waals surface area contributed by atoms with E-state index in [0.29, 0.717) is 22.8 Å². The van der Waals surface area contributed by atoms with Gasteiger partial charge in [0, 0.05) is 12.1 Å². The van der Waals surface area contributed by atoms with Crippen LogP contribution in [0.3, 0.4) is 0 Å². The molecule has 0 bridgehead atoms. The molecule has 0 aromatic carbocycles. The number of rotatable bonds is 13. The van der Waals surface area contributed by atoms with Gasteiger partial charge in [-0.1, -0.05) is 57.9 Å². The van der Waals surface area contributed by atoms with Crippen molar-refractivity contribution in [3.05, 3.63) is 35.3 Å². The van der Waals surface area contributed by atoms with Gasteiger partial charge in [-0.25, -0.2) is 0 Å². The molecule has 0 aliphatic rings. The van der Waals surface area contributed by atoms with Gasteiger partial charge >= 0.3 is 5.97 Å². The molecule has 134 valence electrons. The Morgan fingerprint density at radius 2 is 1.88 bits per heavy atom. The van der Waals surface area contributed by atoms with Gasteiger partial charge in [0.05, 0.1) is 13.0 Å². The lowest BCUT2D eigenvalue weighted by Crippen LogP contribution is -2.29. The van der Waals surface area contributed by atoms with Gasteiger partial charge in [-0.2, -0.15) is 4.73 Å². The SMILES string of the molecule is CCCCCCCCCCOc1ccc[n+]([O-])c1/C=C/CC(=O)O. The van der Waals surface area contributed by atoms with Crippen LogP contribution in [-0.2, 0) is 4.79 Å². The normalized spacial score (nSPS) is 11.0. The molecule has 0 aliphatic heterocycles. The van der Waals surface area contributed by atoms with E-state index in [2.05, 4.69) is 6.92 Å². The van der Waals surface area contributed by atoms with Crippen LogP contribution in [0.1, 0.15) is 70.4 Å². The van der Waals surface area contributed by atoms with E-state index in [-0.39, 0.29) is 6.42 Å². The summed E-state index contributed by atoms with van der Waals surface area (Å²) in [6.07, 6.45) is 14.0. The molecular weight excluding hydrogens is 306 g/mol. The molecule has 0 spiro atoms. The van der Waals surface area contributed by atoms with E-state index in [1.165, 1.54) is 56.9 Å². The number of pyridine rings is 1. The van der Waals surface area contributed by atoms with Crippen molar-refractivity contribution in [1.82, 2.24) is 0 Å². The topological polar surface area (TPSA) is 73.5 Å². The van der Waals surface area contributed by atoms with Gasteiger partial charge in [-0.3, -0.25) is 4.79 Å². The summed E-state index contributed by atoms with van der Waals surface area (Å²) in [6.45, 7) is 2.79. The summed E-state index contributed by atoms with van der Waals surface area (Å²) >= 11 is 0. The quantitative estimate of drug-likeness (QED) is 0.331. The first-order chi connectivity index (χ1) is 11.6. The zero-order valence-electron chi connectivity index (χ0n) is 14.6. The third kappa shape index (κ3) is 8.56. The maximum atomic E-state index is 11.8. The van der Waals surface area contributed by atoms with Gasteiger partial charge in [0.1, 0.15) is 0 Å². The number of ether oxygens (including phenoxy) is 1. The molecule has 5 nitrogen and oxygen atoms in total. The molecule has 5 heteroatoms. The minimum absolute atomic E-state index is 0.119. The van der Waals surface area contributed by atoms with Gasteiger partial charge in [0.2, 0.25) is 0 Å². The number of hydrogen-bond donors (Lipinski definition) is 1. The standard InChI is InChI=1S/C19H29NO4/c1-2-3-4-5-6-7-8-9-16-24-18-13-11-15-20(23)17(18)12-10-14-19(21)22/h10-13,15H,2-9,14,16H2,1H3,(H,21,22)/b12-10+. The van der Waals surface area contributed by atoms with E-state index in [0.717, 1.165) is 12.8 Å². The molecule has 1 aromatic heterocycles. The Kier molecular flexibility index (Phi) is 10.3. The first-order valence-electron chi connectivity index (χ1n) is 8.88. The third-order valence-corrected chi connectivity index (χ3v) is 3.78. The summed E-state index contributed by atoms with van der Waals surface area (Å²) in [5.74, 6) is -0.432. The van der Waals surface area contributed by atoms with Gasteiger partial charge in [0.25, 0.3) is 5.69 Å². The van der Waals surface area contributed by atoms with Crippen LogP contribution in [0.2, 0.25) is 0 Å². The van der Waals surface area contributed by atoms with Crippen molar-refractivity contribution in [3.63, 3.8) is 0 Å². The molecule has 1 heterocycles. The Labute approximate surface area is 144 Å². The fourth-order valence-corrected chi connectivity index (χ4v) is 2.45. The average molecular weight is 335 g/mol. The molecule has 0 aliphatic carbocycles. The number of carbonyl (C=O) groups is 1. The number of aliphatic carboxylic acids is 1. The van der Waals surface area contributed by atoms with E-state index >= 15 is 0 Å². The number of aromatic nitrogens is 1. The van der Waals surface area contributed by atoms with Gasteiger partial charge in [0.15, 0.2) is 11.9 Å². The van der Waals surface area contributed by atoms with Crippen LogP contribution < -0.4 is 9.47 Å². The summed E-state index contributed by atoms with van der Waals surface area (Å²) in [5.41, 5.74) is 0.346. The molecule has 0 unspecified atom stereocenters. The minimum Gasteiger partial charge on any atom is -0.618 e. The lowest BCUT2D eigenvalue weighted by Gasteiger charge is -2.09. The Balaban J connectivity index is 2.33. The van der Waals surface area contributed by atoms with E-state index in [1.807, 2.05) is 0 Å². The summed E-state index contributed by atoms with van der Waals surface area (Å²) < 4.78 is 6.40. The largest absolute Gasteiger partial charge is 0.618 e. The van der Waals surface area contributed by atoms with Crippen LogP contribution >= 0.6 is 0 Å². The second-order valence-corrected chi connectivity index (χ2v) is 5.91. The Bertz CT molecular complexity index is 514. The van der Waals surface area contributed by atoms with Gasteiger partial charge in [-0.15, -0.1) is 0 Å². The van der Waals surface area contributed by atoms with Crippen molar-refractivity contribution in [2.45, 2.75) is 64.7 Å². The fraction of sp³-hybridized carbons (Fsp3) is 0.579. The Morgan fingerprint density at radius 3 is 2.54 bits per heavy atom. The molecule has 1 rings (SSSR count). The number of unbranched alkanes of at least 4 members (excludes halogenated alkanes) is 7. The molecule has 1 N–H and O–H groups in total. The number of hydrogen-bond acceptors (Lipinski definition) is 3. The Hall–Kier alpha value is -2.04. The van der Waals surface area contributed by atoms with Crippen LogP contribution in [0.25, 0.3) is 6.08 Å². The van der Waals surface area contributed by atoms with Crippen LogP contribution in [0, 0.1) is 5.21 Å². The lowest BCUT2D eigenvalue weighted by atomic mass is 10.1. The number of nitrogens with zero attached hydrogens (tertiary/aromatic N) is 1. The van der Waals surface area contributed by atoms with Gasteiger partial charge in [-0.05, 0) is 12.5 Å². The summed E-state index contributed by atoms with van der Waals surface area (Å²) in [6, 6.07) is 3.37. The predicted molar refractivity (Wildman–Crippen MR) is 94.8 cm³/mol. The van der Waals surface area contributed by atoms with E-state index in [4.69, 9.17) is 9.84 Å². The van der Waals surface area contributed by atoms with Crippen molar-refractivity contribution in [2.24, 2.45) is 0 Å². The second-order valence-electron chi connectivity index (χ2n) is 5.91. The van der Waals surface area contributed by atoms with Crippen molar-refractivity contribution < 1.29 is 19.4 Å². The van der Waals surface area contributed by atoms with Crippen LogP contribution in [0.15, 0.2) is 24.4 Å². The molecule has 0 amide bonds. The van der Waals surface area contributed by atoms with Crippen LogP contribution in [0.4, 0.5) is 0 Å². The molecule has 1 aromatic rings. The lowest BCUT2D eigenvalue weighted by molar-refractivity contribution is -0.607. The molecule has 0 radical (unpaired) electrons. The number of carboxylic acids is 1. The average Bonchev–Trinajstić information content (AvgIpc) is 2.55. The summed E-state index contributed by atoms with van der Waals surface area (Å²) in [4.78, 5) is 10.5. The van der Waals surface area contributed by atoms with E-state index in [1.54, 1.807) is 12.1 Å². The highest BCUT2D eigenvalue weighted by atomic mass is 16.5.